The number of imide groups is 1. The molecule has 1 aromatic rings. The molecule has 222 valence electrons. The summed E-state index contributed by atoms with van der Waals surface area (Å²) >= 11 is 0. The quantitative estimate of drug-likeness (QED) is 0.264. The third kappa shape index (κ3) is 4.31. The highest BCUT2D eigenvalue weighted by Crippen LogP contribution is 2.49. The number of benzene rings is 1. The van der Waals surface area contributed by atoms with Gasteiger partial charge in [-0.3, -0.25) is 19.7 Å². The molecule has 12 nitrogen and oxygen atoms in total. The number of amides is 2. The van der Waals surface area contributed by atoms with Gasteiger partial charge in [-0.25, -0.2) is 14.8 Å². The van der Waals surface area contributed by atoms with Crippen LogP contribution in [0.5, 0.6) is 0 Å². The Labute approximate surface area is 227 Å². The summed E-state index contributed by atoms with van der Waals surface area (Å²) in [5, 5.41) is 11.6. The number of halogens is 6. The number of hydroxylamine groups is 2. The topological polar surface area (TPSA) is 167 Å². The Hall–Kier alpha value is -4.09. The number of nitrogens with zero attached hydrogens (tertiary/aromatic N) is 5. The van der Waals surface area contributed by atoms with Gasteiger partial charge < -0.3 is 21.1 Å². The number of likely N-dealkylation sites (tertiary alicyclic amines) is 1. The van der Waals surface area contributed by atoms with E-state index in [1.165, 1.54) is 11.8 Å². The van der Waals surface area contributed by atoms with Crippen LogP contribution in [0, 0.1) is 5.92 Å². The van der Waals surface area contributed by atoms with Crippen molar-refractivity contribution in [2.45, 2.75) is 56.0 Å². The number of guanidine groups is 2. The van der Waals surface area contributed by atoms with E-state index < -0.39 is 82.6 Å². The van der Waals surface area contributed by atoms with Crippen molar-refractivity contribution in [3.8, 4) is 0 Å². The SMILES string of the molecule is CC1[C@@H](OC(=O)c2cc(C(F)(F)F)ccc2C(F)(F)F)CN2C(N)=NC(CN3C(=O)CCC3=O)C3N=C(N)N(O)C312. The summed E-state index contributed by atoms with van der Waals surface area (Å²) in [4.78, 5) is 48.3. The van der Waals surface area contributed by atoms with Gasteiger partial charge >= 0.3 is 18.3 Å². The zero-order valence-corrected chi connectivity index (χ0v) is 21.1. The Morgan fingerprint density at radius 2 is 1.71 bits per heavy atom. The van der Waals surface area contributed by atoms with Crippen LogP contribution in [0.4, 0.5) is 26.3 Å². The predicted octanol–water partition coefficient (Wildman–Crippen LogP) is 1.13. The van der Waals surface area contributed by atoms with Gasteiger partial charge in [0.15, 0.2) is 11.6 Å². The second-order valence-corrected chi connectivity index (χ2v) is 10.1. The van der Waals surface area contributed by atoms with E-state index >= 15 is 0 Å². The Kier molecular flexibility index (Phi) is 6.39. The lowest BCUT2D eigenvalue weighted by molar-refractivity contribution is -0.170. The van der Waals surface area contributed by atoms with Crippen molar-refractivity contribution in [3.05, 3.63) is 34.9 Å². The second kappa shape index (κ2) is 9.22. The molecule has 5 N–H and O–H groups in total. The first-order valence-corrected chi connectivity index (χ1v) is 12.2. The van der Waals surface area contributed by atoms with Gasteiger partial charge in [-0.2, -0.15) is 31.4 Å². The van der Waals surface area contributed by atoms with Crippen molar-refractivity contribution in [2.75, 3.05) is 13.1 Å². The minimum absolute atomic E-state index is 0.00586. The van der Waals surface area contributed by atoms with Crippen LogP contribution in [0.15, 0.2) is 28.2 Å². The maximum absolute atomic E-state index is 13.6. The van der Waals surface area contributed by atoms with Crippen LogP contribution in [-0.4, -0.2) is 86.7 Å². The van der Waals surface area contributed by atoms with Crippen LogP contribution in [0.1, 0.15) is 41.3 Å². The maximum atomic E-state index is 13.6. The molecule has 4 aliphatic heterocycles. The molecule has 41 heavy (non-hydrogen) atoms. The lowest BCUT2D eigenvalue weighted by atomic mass is 9.82. The molecule has 4 heterocycles. The first kappa shape index (κ1) is 28.4. The number of carbonyl (C=O) groups is 3. The second-order valence-electron chi connectivity index (χ2n) is 10.1. The standard InChI is InChI=1S/C23H23F6N7O5/c1-9-14(41-18(39)11-6-10(22(24,25)26)2-3-12(11)23(27,28)29)8-35-19(30)32-13(7-34-15(37)4-5-16(34)38)17-21(9,35)36(40)20(31)33-17/h2-3,6,9,13-14,17,40H,4-5,7-8H2,1H3,(H2,30,32)(H2,31,33)/t9?,13?,14-,17?,21?/m0/s1. The highest BCUT2D eigenvalue weighted by molar-refractivity contribution is 6.02. The molecule has 18 heteroatoms. The van der Waals surface area contributed by atoms with Crippen molar-refractivity contribution in [1.29, 1.82) is 0 Å². The summed E-state index contributed by atoms with van der Waals surface area (Å²) in [7, 11) is 0. The number of ether oxygens (including phenoxy) is 1. The molecule has 0 bridgehead atoms. The number of esters is 1. The lowest BCUT2D eigenvalue weighted by Gasteiger charge is -2.49. The smallest absolute Gasteiger partial charge is 0.417 e. The molecule has 1 aromatic carbocycles. The molecule has 2 amide bonds. The van der Waals surface area contributed by atoms with Crippen molar-refractivity contribution < 1.29 is 50.7 Å². The Balaban J connectivity index is 1.48. The summed E-state index contributed by atoms with van der Waals surface area (Å²) in [6.07, 6.45) is -11.6. The number of aliphatic imine (C=N–C) groups is 2. The van der Waals surface area contributed by atoms with E-state index in [-0.39, 0.29) is 50.1 Å². The number of carbonyl (C=O) groups excluding carboxylic acids is 3. The van der Waals surface area contributed by atoms with E-state index in [1.54, 1.807) is 0 Å². The van der Waals surface area contributed by atoms with Crippen LogP contribution >= 0.6 is 0 Å². The van der Waals surface area contributed by atoms with E-state index in [9.17, 15) is 45.9 Å². The molecule has 5 atom stereocenters. The molecule has 0 saturated carbocycles. The molecule has 0 aromatic heterocycles. The highest BCUT2D eigenvalue weighted by atomic mass is 19.4. The first-order chi connectivity index (χ1) is 19.0. The van der Waals surface area contributed by atoms with Crippen molar-refractivity contribution in [1.82, 2.24) is 14.9 Å². The molecule has 0 radical (unpaired) electrons. The van der Waals surface area contributed by atoms with Crippen LogP contribution in [-0.2, 0) is 26.7 Å². The minimum atomic E-state index is -5.18. The van der Waals surface area contributed by atoms with Gasteiger partial charge in [0.05, 0.1) is 35.8 Å². The van der Waals surface area contributed by atoms with Crippen LogP contribution in [0.2, 0.25) is 0 Å². The Morgan fingerprint density at radius 3 is 2.29 bits per heavy atom. The van der Waals surface area contributed by atoms with Crippen LogP contribution in [0.3, 0.4) is 0 Å². The van der Waals surface area contributed by atoms with E-state index in [2.05, 4.69) is 9.98 Å². The largest absolute Gasteiger partial charge is 0.456 e. The lowest BCUT2D eigenvalue weighted by Crippen LogP contribution is -2.71. The van der Waals surface area contributed by atoms with Gasteiger partial charge in [0.25, 0.3) is 0 Å². The number of hydrogen-bond donors (Lipinski definition) is 3. The highest BCUT2D eigenvalue weighted by Gasteiger charge is 2.69. The number of alkyl halides is 6. The Morgan fingerprint density at radius 1 is 1.07 bits per heavy atom. The van der Waals surface area contributed by atoms with E-state index in [4.69, 9.17) is 16.2 Å². The van der Waals surface area contributed by atoms with Gasteiger partial charge in [-0.1, -0.05) is 6.92 Å². The zero-order valence-electron chi connectivity index (χ0n) is 21.1. The summed E-state index contributed by atoms with van der Waals surface area (Å²) in [6, 6.07) is -1.70. The first-order valence-electron chi connectivity index (χ1n) is 12.2. The molecule has 4 unspecified atom stereocenters. The summed E-state index contributed by atoms with van der Waals surface area (Å²) in [5.74, 6) is -4.29. The minimum Gasteiger partial charge on any atom is -0.456 e. The zero-order chi connectivity index (χ0) is 30.2. The third-order valence-corrected chi connectivity index (χ3v) is 7.88. The fraction of sp³-hybridized carbons (Fsp3) is 0.522. The van der Waals surface area contributed by atoms with Gasteiger partial charge in [0.1, 0.15) is 12.1 Å². The maximum Gasteiger partial charge on any atom is 0.417 e. The molecule has 2 saturated heterocycles. The predicted molar refractivity (Wildman–Crippen MR) is 125 cm³/mol. The number of nitrogens with two attached hydrogens (primary N) is 2. The molecular weight excluding hydrogens is 568 g/mol. The average Bonchev–Trinajstić information content (AvgIpc) is 3.46. The van der Waals surface area contributed by atoms with Gasteiger partial charge in [-0.15, -0.1) is 0 Å². The number of hydrogen-bond acceptors (Lipinski definition) is 11. The van der Waals surface area contributed by atoms with Crippen molar-refractivity contribution >= 4 is 29.7 Å². The van der Waals surface area contributed by atoms with E-state index in [1.807, 2.05) is 0 Å². The fourth-order valence-electron chi connectivity index (χ4n) is 5.93. The van der Waals surface area contributed by atoms with Gasteiger partial charge in [0, 0.05) is 18.8 Å². The van der Waals surface area contributed by atoms with E-state index in [0.717, 1.165) is 4.90 Å². The van der Waals surface area contributed by atoms with Gasteiger partial charge in [-0.05, 0) is 18.2 Å². The van der Waals surface area contributed by atoms with E-state index in [0.29, 0.717) is 5.06 Å². The fourth-order valence-corrected chi connectivity index (χ4v) is 5.93. The molecule has 1 spiro atoms. The molecule has 2 fully saturated rings. The average molecular weight is 591 g/mol. The molecule has 0 aliphatic carbocycles. The Bertz CT molecular complexity index is 1370. The van der Waals surface area contributed by atoms with Crippen molar-refractivity contribution in [2.24, 2.45) is 27.4 Å². The number of rotatable bonds is 4. The molecule has 5 rings (SSSR count). The van der Waals surface area contributed by atoms with Crippen LogP contribution in [0.25, 0.3) is 0 Å². The third-order valence-electron chi connectivity index (χ3n) is 7.88. The van der Waals surface area contributed by atoms with Crippen molar-refractivity contribution in [3.63, 3.8) is 0 Å². The van der Waals surface area contributed by atoms with Crippen LogP contribution < -0.4 is 11.5 Å². The normalized spacial score (nSPS) is 29.9. The summed E-state index contributed by atoms with van der Waals surface area (Å²) in [6.45, 7) is 0.827. The summed E-state index contributed by atoms with van der Waals surface area (Å²) in [5.41, 5.74) is 5.89. The molecule has 4 aliphatic rings. The monoisotopic (exact) mass is 591 g/mol. The van der Waals surface area contributed by atoms with Gasteiger partial charge in [0.2, 0.25) is 17.8 Å². The molecular formula is C23H23F6N7O5. The summed E-state index contributed by atoms with van der Waals surface area (Å²) < 4.78 is 85.9.